The van der Waals surface area contributed by atoms with Crippen LogP contribution in [0, 0.1) is 0 Å². The molecule has 0 unspecified atom stereocenters. The molecule has 1 aliphatic rings. The lowest BCUT2D eigenvalue weighted by molar-refractivity contribution is -0.142. The second kappa shape index (κ2) is 11.3. The highest BCUT2D eigenvalue weighted by Gasteiger charge is 2.47. The van der Waals surface area contributed by atoms with Crippen LogP contribution in [0.15, 0.2) is 12.3 Å². The summed E-state index contributed by atoms with van der Waals surface area (Å²) in [4.78, 5) is 33.8. The van der Waals surface area contributed by atoms with Crippen LogP contribution in [-0.2, 0) is 6.18 Å². The normalized spacial score (nSPS) is 18.4. The number of hydrogen-bond donors (Lipinski definition) is 3. The van der Waals surface area contributed by atoms with Crippen molar-refractivity contribution in [3.63, 3.8) is 0 Å². The van der Waals surface area contributed by atoms with E-state index in [0.717, 1.165) is 4.90 Å². The Morgan fingerprint density at radius 2 is 1.85 bits per heavy atom. The summed E-state index contributed by atoms with van der Waals surface area (Å²) in [6.07, 6.45) is -10.6. The number of pyridine rings is 1. The van der Waals surface area contributed by atoms with Gasteiger partial charge in [0, 0.05) is 30.8 Å². The third kappa shape index (κ3) is 7.81. The van der Waals surface area contributed by atoms with E-state index in [9.17, 15) is 49.8 Å². The van der Waals surface area contributed by atoms with Gasteiger partial charge in [0.05, 0.1) is 22.6 Å². The number of hydrogen-bond acceptors (Lipinski definition) is 7. The van der Waals surface area contributed by atoms with Crippen molar-refractivity contribution in [3.05, 3.63) is 28.5 Å². The number of nitrogens with one attached hydrogen (secondary N) is 2. The van der Waals surface area contributed by atoms with E-state index in [1.54, 1.807) is 0 Å². The highest BCUT2D eigenvalue weighted by atomic mass is 32.1. The molecule has 0 aromatic carbocycles. The van der Waals surface area contributed by atoms with Crippen molar-refractivity contribution in [1.29, 1.82) is 0 Å². The molecule has 41 heavy (non-hydrogen) atoms. The van der Waals surface area contributed by atoms with E-state index in [0.29, 0.717) is 23.6 Å². The van der Waals surface area contributed by atoms with E-state index in [1.165, 1.54) is 27.7 Å². The van der Waals surface area contributed by atoms with Crippen LogP contribution < -0.4 is 10.6 Å². The van der Waals surface area contributed by atoms with Gasteiger partial charge in [-0.05, 0) is 33.3 Å². The van der Waals surface area contributed by atoms with Gasteiger partial charge in [0.2, 0.25) is 0 Å². The van der Waals surface area contributed by atoms with Crippen molar-refractivity contribution in [3.8, 4) is 10.4 Å². The molecule has 3 N–H and O–H groups in total. The summed E-state index contributed by atoms with van der Waals surface area (Å²) in [6.45, 7) is 3.88. The number of thiazole rings is 1. The zero-order valence-corrected chi connectivity index (χ0v) is 23.0. The molecule has 228 valence electrons. The Balaban J connectivity index is 2.15. The fourth-order valence-corrected chi connectivity index (χ4v) is 5.08. The van der Waals surface area contributed by atoms with E-state index in [1.807, 2.05) is 5.32 Å². The quantitative estimate of drug-likeness (QED) is 0.345. The van der Waals surface area contributed by atoms with E-state index in [4.69, 9.17) is 0 Å². The van der Waals surface area contributed by atoms with Gasteiger partial charge < -0.3 is 20.6 Å². The van der Waals surface area contributed by atoms with Crippen molar-refractivity contribution in [1.82, 2.24) is 20.2 Å². The Labute approximate surface area is 233 Å². The molecule has 1 saturated heterocycles. The lowest BCUT2D eigenvalue weighted by Crippen LogP contribution is -2.38. The van der Waals surface area contributed by atoms with Crippen LogP contribution in [-0.4, -0.2) is 74.7 Å². The molecule has 0 spiro atoms. The summed E-state index contributed by atoms with van der Waals surface area (Å²) in [6, 6.07) is -2.88. The number of aliphatic hydroxyl groups is 1. The molecule has 0 aliphatic carbocycles. The Kier molecular flexibility index (Phi) is 8.94. The van der Waals surface area contributed by atoms with Crippen molar-refractivity contribution in [2.24, 2.45) is 0 Å². The number of rotatable bonds is 8. The Bertz CT molecular complexity index is 1290. The highest BCUT2D eigenvalue weighted by molar-refractivity contribution is 7.17. The van der Waals surface area contributed by atoms with Gasteiger partial charge in [0.1, 0.15) is 17.6 Å². The molecule has 0 saturated carbocycles. The van der Waals surface area contributed by atoms with Gasteiger partial charge >= 0.3 is 12.4 Å². The fraction of sp³-hybridized carbons (Fsp3) is 0.583. The van der Waals surface area contributed by atoms with Gasteiger partial charge in [-0.3, -0.25) is 9.59 Å². The smallest absolute Gasteiger partial charge is 0.389 e. The predicted molar refractivity (Wildman–Crippen MR) is 133 cm³/mol. The van der Waals surface area contributed by atoms with Gasteiger partial charge in [0.15, 0.2) is 5.01 Å². The molecule has 3 rings (SSSR count). The summed E-state index contributed by atoms with van der Waals surface area (Å²) in [5.74, 6) is -6.15. The van der Waals surface area contributed by atoms with Crippen molar-refractivity contribution in [2.45, 2.75) is 76.5 Å². The van der Waals surface area contributed by atoms with Crippen molar-refractivity contribution < 1.29 is 49.8 Å². The van der Waals surface area contributed by atoms with Crippen molar-refractivity contribution >= 4 is 29.0 Å². The van der Waals surface area contributed by atoms with Gasteiger partial charge in [-0.15, -0.1) is 11.3 Å². The Hall–Kier alpha value is -3.08. The number of anilines is 1. The first kappa shape index (κ1) is 32.4. The lowest BCUT2D eigenvalue weighted by atomic mass is 10.1. The first-order chi connectivity index (χ1) is 18.6. The number of carbonyl (C=O) groups excluding carboxylic acids is 2. The Morgan fingerprint density at radius 3 is 2.34 bits per heavy atom. The number of aromatic nitrogens is 2. The topological polar surface area (TPSA) is 107 Å². The summed E-state index contributed by atoms with van der Waals surface area (Å²) in [5.41, 5.74) is -4.40. The maximum atomic E-state index is 14.2. The minimum atomic E-state index is -5.17. The van der Waals surface area contributed by atoms with Gasteiger partial charge in [-0.25, -0.2) is 18.7 Å². The molecular weight excluding hydrogens is 590 g/mol. The van der Waals surface area contributed by atoms with Crippen LogP contribution in [0.2, 0.25) is 0 Å². The van der Waals surface area contributed by atoms with E-state index >= 15 is 0 Å². The predicted octanol–water partition coefficient (Wildman–Crippen LogP) is 5.35. The molecule has 2 atom stereocenters. The van der Waals surface area contributed by atoms with E-state index in [2.05, 4.69) is 15.3 Å². The van der Waals surface area contributed by atoms with Crippen LogP contribution in [0.5, 0.6) is 0 Å². The average Bonchev–Trinajstić information content (AvgIpc) is 3.38. The van der Waals surface area contributed by atoms with Crippen LogP contribution in [0.1, 0.15) is 66.4 Å². The summed E-state index contributed by atoms with van der Waals surface area (Å²) >= 11 is 0.338. The van der Waals surface area contributed by atoms with Crippen LogP contribution in [0.3, 0.4) is 0 Å². The van der Waals surface area contributed by atoms with Gasteiger partial charge in [-0.2, -0.15) is 26.3 Å². The lowest BCUT2D eigenvalue weighted by Gasteiger charge is -2.22. The van der Waals surface area contributed by atoms with E-state index < -0.39 is 99.7 Å². The minimum absolute atomic E-state index is 0.299. The Morgan fingerprint density at radius 1 is 1.22 bits per heavy atom. The maximum absolute atomic E-state index is 14.2. The van der Waals surface area contributed by atoms with E-state index in [-0.39, 0.29) is 6.54 Å². The molecule has 2 aromatic heterocycles. The molecule has 0 radical (unpaired) electrons. The first-order valence-corrected chi connectivity index (χ1v) is 13.1. The summed E-state index contributed by atoms with van der Waals surface area (Å²) in [7, 11) is 0. The third-order valence-electron chi connectivity index (χ3n) is 6.07. The number of likely N-dealkylation sites (tertiary alicyclic amines) is 1. The number of halogens is 8. The minimum Gasteiger partial charge on any atom is -0.389 e. The van der Waals surface area contributed by atoms with Gasteiger partial charge in [-0.1, -0.05) is 6.92 Å². The third-order valence-corrected chi connectivity index (χ3v) is 7.16. The molecule has 3 heterocycles. The second-order valence-corrected chi connectivity index (χ2v) is 11.3. The zero-order chi connectivity index (χ0) is 31.1. The molecular formula is C24H27F8N5O3S. The number of amides is 2. The molecule has 1 aliphatic heterocycles. The summed E-state index contributed by atoms with van der Waals surface area (Å²) < 4.78 is 110. The fourth-order valence-electron chi connectivity index (χ4n) is 4.08. The largest absolute Gasteiger partial charge is 0.417 e. The number of nitrogens with zero attached hydrogens (tertiary/aromatic N) is 3. The molecule has 17 heteroatoms. The average molecular weight is 618 g/mol. The standard InChI is InChI=1S/C24H27F8N5O3S/c1-5-14(24(30,31)32)35-15-6-13(23(27,28)29)12(8-33-15)17-16(20(39)37-10-22(25,26)7-11(37)2)36-19(41-17)18(38)34-9-21(3,4)40/h6,8,11,14,40H,5,7,9-10H2,1-4H3,(H,33,35)(H,34,38)/t11-,14-/m0/s1. The van der Waals surface area contributed by atoms with Crippen LogP contribution >= 0.6 is 11.3 Å². The highest BCUT2D eigenvalue weighted by Crippen LogP contribution is 2.43. The van der Waals surface area contributed by atoms with Crippen LogP contribution in [0.25, 0.3) is 10.4 Å². The monoisotopic (exact) mass is 617 g/mol. The molecule has 2 amide bonds. The number of alkyl halides is 8. The molecule has 8 nitrogen and oxygen atoms in total. The molecule has 2 aromatic rings. The van der Waals surface area contributed by atoms with Gasteiger partial charge in [0.25, 0.3) is 17.7 Å². The number of carbonyl (C=O) groups is 2. The zero-order valence-electron chi connectivity index (χ0n) is 22.2. The second-order valence-electron chi connectivity index (χ2n) is 10.3. The first-order valence-electron chi connectivity index (χ1n) is 12.2. The molecule has 1 fully saturated rings. The summed E-state index contributed by atoms with van der Waals surface area (Å²) in [5, 5.41) is 13.6. The van der Waals surface area contributed by atoms with Crippen molar-refractivity contribution in [2.75, 3.05) is 18.4 Å². The SMILES string of the molecule is CC[C@H](Nc1cc(C(F)(F)F)c(-c2sc(C(=O)NCC(C)(C)O)nc2C(=O)N2CC(F)(F)C[C@@H]2C)cn1)C(F)(F)F. The van der Waals surface area contributed by atoms with Crippen LogP contribution in [0.4, 0.5) is 40.9 Å². The maximum Gasteiger partial charge on any atom is 0.417 e. The molecule has 0 bridgehead atoms.